The van der Waals surface area contributed by atoms with Gasteiger partial charge in [0.1, 0.15) is 10.7 Å². The number of thiazole rings is 1. The second-order valence-corrected chi connectivity index (χ2v) is 6.97. The number of nitrogens with one attached hydrogen (secondary N) is 1. The third-order valence-corrected chi connectivity index (χ3v) is 4.77. The monoisotopic (exact) mass is 350 g/mol. The molecule has 0 bridgehead atoms. The van der Waals surface area contributed by atoms with Gasteiger partial charge in [0, 0.05) is 35.7 Å². The highest BCUT2D eigenvalue weighted by molar-refractivity contribution is 7.13. The van der Waals surface area contributed by atoms with Crippen LogP contribution >= 0.6 is 22.9 Å². The third-order valence-electron chi connectivity index (χ3n) is 3.63. The number of nitrogens with zero attached hydrogens (tertiary/aromatic N) is 1. The fourth-order valence-corrected chi connectivity index (χ4v) is 3.04. The van der Waals surface area contributed by atoms with Gasteiger partial charge in [-0.05, 0) is 37.3 Å². The molecule has 3 rings (SSSR count). The van der Waals surface area contributed by atoms with Crippen molar-refractivity contribution in [2.75, 3.05) is 19.8 Å². The molecule has 6 heteroatoms. The van der Waals surface area contributed by atoms with E-state index in [2.05, 4.69) is 10.3 Å². The standard InChI is InChI=1S/C17H19ClN2O2S/c18-14-6-4-13(5-7-14)17-20-15(11-23-17)16(21)19-8-1-9-22-10-12-2-3-12/h4-7,11-12H,1-3,8-10H2,(H,19,21). The van der Waals surface area contributed by atoms with Gasteiger partial charge in [0.2, 0.25) is 0 Å². The number of halogens is 1. The summed E-state index contributed by atoms with van der Waals surface area (Å²) in [6, 6.07) is 7.44. The molecule has 23 heavy (non-hydrogen) atoms. The Morgan fingerprint density at radius 1 is 1.35 bits per heavy atom. The lowest BCUT2D eigenvalue weighted by Gasteiger charge is -2.04. The number of benzene rings is 1. The predicted octanol–water partition coefficient (Wildman–Crippen LogP) is 4.01. The molecule has 122 valence electrons. The number of hydrogen-bond acceptors (Lipinski definition) is 4. The van der Waals surface area contributed by atoms with E-state index in [0.717, 1.165) is 29.5 Å². The highest BCUT2D eigenvalue weighted by Crippen LogP contribution is 2.28. The number of ether oxygens (including phenoxy) is 1. The van der Waals surface area contributed by atoms with Crippen LogP contribution in [0.1, 0.15) is 29.8 Å². The summed E-state index contributed by atoms with van der Waals surface area (Å²) in [6.07, 6.45) is 3.43. The van der Waals surface area contributed by atoms with Gasteiger partial charge in [-0.2, -0.15) is 0 Å². The molecular formula is C17H19ClN2O2S. The second kappa shape index (κ2) is 7.90. The van der Waals surface area contributed by atoms with Gasteiger partial charge in [-0.3, -0.25) is 4.79 Å². The number of carbonyl (C=O) groups excluding carboxylic acids is 1. The van der Waals surface area contributed by atoms with Gasteiger partial charge >= 0.3 is 0 Å². The predicted molar refractivity (Wildman–Crippen MR) is 93.1 cm³/mol. The van der Waals surface area contributed by atoms with Crippen LogP contribution in [0.25, 0.3) is 10.6 Å². The Balaban J connectivity index is 1.43. The SMILES string of the molecule is O=C(NCCCOCC1CC1)c1csc(-c2ccc(Cl)cc2)n1. The van der Waals surface area contributed by atoms with E-state index in [1.807, 2.05) is 24.3 Å². The summed E-state index contributed by atoms with van der Waals surface area (Å²) in [6.45, 7) is 2.17. The molecule has 0 radical (unpaired) electrons. The Morgan fingerprint density at radius 2 is 2.13 bits per heavy atom. The molecule has 1 aromatic heterocycles. The van der Waals surface area contributed by atoms with E-state index in [1.54, 1.807) is 5.38 Å². The molecule has 0 aliphatic heterocycles. The van der Waals surface area contributed by atoms with E-state index in [1.165, 1.54) is 24.2 Å². The zero-order valence-corrected chi connectivity index (χ0v) is 14.3. The maximum atomic E-state index is 12.1. The largest absolute Gasteiger partial charge is 0.381 e. The summed E-state index contributed by atoms with van der Waals surface area (Å²) in [4.78, 5) is 16.5. The van der Waals surface area contributed by atoms with Crippen molar-refractivity contribution in [2.24, 2.45) is 5.92 Å². The highest BCUT2D eigenvalue weighted by atomic mass is 35.5. The fourth-order valence-electron chi connectivity index (χ4n) is 2.10. The van der Waals surface area contributed by atoms with E-state index in [9.17, 15) is 4.79 Å². The molecule has 4 nitrogen and oxygen atoms in total. The van der Waals surface area contributed by atoms with Gasteiger partial charge in [-0.1, -0.05) is 23.7 Å². The minimum atomic E-state index is -0.136. The summed E-state index contributed by atoms with van der Waals surface area (Å²) >= 11 is 7.33. The summed E-state index contributed by atoms with van der Waals surface area (Å²) < 4.78 is 5.54. The van der Waals surface area contributed by atoms with Crippen LogP contribution in [0, 0.1) is 5.92 Å². The molecule has 0 unspecified atom stereocenters. The number of carbonyl (C=O) groups is 1. The first kappa shape index (κ1) is 16.4. The van der Waals surface area contributed by atoms with Crippen molar-refractivity contribution in [3.8, 4) is 10.6 Å². The Hall–Kier alpha value is -1.43. The van der Waals surface area contributed by atoms with Gasteiger partial charge in [0.25, 0.3) is 5.91 Å². The Morgan fingerprint density at radius 3 is 2.87 bits per heavy atom. The Bertz CT molecular complexity index is 653. The average Bonchev–Trinajstić information content (AvgIpc) is 3.25. The first-order valence-electron chi connectivity index (χ1n) is 7.80. The first-order chi connectivity index (χ1) is 11.2. The first-order valence-corrected chi connectivity index (χ1v) is 9.05. The molecule has 0 saturated heterocycles. The minimum Gasteiger partial charge on any atom is -0.381 e. The molecule has 1 saturated carbocycles. The number of rotatable bonds is 8. The number of amides is 1. The third kappa shape index (κ3) is 5.03. The van der Waals surface area contributed by atoms with Crippen LogP contribution in [-0.2, 0) is 4.74 Å². The maximum Gasteiger partial charge on any atom is 0.270 e. The quantitative estimate of drug-likeness (QED) is 0.732. The van der Waals surface area contributed by atoms with Crippen molar-refractivity contribution in [3.05, 3.63) is 40.4 Å². The van der Waals surface area contributed by atoms with E-state index in [-0.39, 0.29) is 5.91 Å². The molecule has 1 amide bonds. The van der Waals surface area contributed by atoms with Crippen molar-refractivity contribution in [2.45, 2.75) is 19.3 Å². The maximum absolute atomic E-state index is 12.1. The summed E-state index contributed by atoms with van der Waals surface area (Å²) in [7, 11) is 0. The number of aromatic nitrogens is 1. The van der Waals surface area contributed by atoms with Gasteiger partial charge < -0.3 is 10.1 Å². The lowest BCUT2D eigenvalue weighted by Crippen LogP contribution is -2.25. The molecule has 1 heterocycles. The van der Waals surface area contributed by atoms with Gasteiger partial charge in [-0.25, -0.2) is 4.98 Å². The van der Waals surface area contributed by atoms with Gasteiger partial charge in [0.05, 0.1) is 0 Å². The molecular weight excluding hydrogens is 332 g/mol. The average molecular weight is 351 g/mol. The zero-order valence-electron chi connectivity index (χ0n) is 12.8. The molecule has 2 aromatic rings. The lowest BCUT2D eigenvalue weighted by atomic mass is 10.2. The number of hydrogen-bond donors (Lipinski definition) is 1. The summed E-state index contributed by atoms with van der Waals surface area (Å²) in [5, 5.41) is 6.17. The van der Waals surface area contributed by atoms with E-state index in [0.29, 0.717) is 23.9 Å². The van der Waals surface area contributed by atoms with Crippen LogP contribution in [0.4, 0.5) is 0 Å². The molecule has 1 aliphatic carbocycles. The van der Waals surface area contributed by atoms with Crippen molar-refractivity contribution in [3.63, 3.8) is 0 Å². The minimum absolute atomic E-state index is 0.136. The molecule has 0 spiro atoms. The van der Waals surface area contributed by atoms with Gasteiger partial charge in [0.15, 0.2) is 0 Å². The lowest BCUT2D eigenvalue weighted by molar-refractivity contribution is 0.0933. The van der Waals surface area contributed by atoms with E-state index >= 15 is 0 Å². The van der Waals surface area contributed by atoms with E-state index in [4.69, 9.17) is 16.3 Å². The van der Waals surface area contributed by atoms with Crippen LogP contribution in [0.15, 0.2) is 29.6 Å². The Kier molecular flexibility index (Phi) is 5.65. The zero-order chi connectivity index (χ0) is 16.1. The van der Waals surface area contributed by atoms with Crippen LogP contribution in [-0.4, -0.2) is 30.6 Å². The van der Waals surface area contributed by atoms with Crippen LogP contribution in [0.2, 0.25) is 5.02 Å². The Labute approximate surface area is 144 Å². The summed E-state index contributed by atoms with van der Waals surface area (Å²) in [5.74, 6) is 0.648. The van der Waals surface area contributed by atoms with Crippen LogP contribution in [0.3, 0.4) is 0 Å². The molecule has 1 fully saturated rings. The van der Waals surface area contributed by atoms with Crippen molar-refractivity contribution in [1.82, 2.24) is 10.3 Å². The molecule has 0 atom stereocenters. The fraction of sp³-hybridized carbons (Fsp3) is 0.412. The smallest absolute Gasteiger partial charge is 0.270 e. The van der Waals surface area contributed by atoms with E-state index < -0.39 is 0 Å². The van der Waals surface area contributed by atoms with Crippen LogP contribution < -0.4 is 5.32 Å². The highest BCUT2D eigenvalue weighted by Gasteiger charge is 2.20. The summed E-state index contributed by atoms with van der Waals surface area (Å²) in [5.41, 5.74) is 1.42. The molecule has 1 aromatic carbocycles. The van der Waals surface area contributed by atoms with Crippen molar-refractivity contribution < 1.29 is 9.53 Å². The van der Waals surface area contributed by atoms with Crippen molar-refractivity contribution in [1.29, 1.82) is 0 Å². The second-order valence-electron chi connectivity index (χ2n) is 5.67. The van der Waals surface area contributed by atoms with Crippen LogP contribution in [0.5, 0.6) is 0 Å². The molecule has 1 aliphatic rings. The normalized spacial score (nSPS) is 14.0. The van der Waals surface area contributed by atoms with Crippen molar-refractivity contribution >= 4 is 28.8 Å². The molecule has 1 N–H and O–H groups in total. The van der Waals surface area contributed by atoms with Gasteiger partial charge in [-0.15, -0.1) is 11.3 Å². The topological polar surface area (TPSA) is 51.2 Å².